The highest BCUT2D eigenvalue weighted by Crippen LogP contribution is 2.16. The van der Waals surface area contributed by atoms with Crippen LogP contribution in [0, 0.1) is 0 Å². The van der Waals surface area contributed by atoms with Crippen molar-refractivity contribution in [3.63, 3.8) is 0 Å². The van der Waals surface area contributed by atoms with E-state index in [2.05, 4.69) is 9.97 Å². The first-order chi connectivity index (χ1) is 8.22. The van der Waals surface area contributed by atoms with Crippen molar-refractivity contribution in [1.82, 2.24) is 9.97 Å². The maximum Gasteiger partial charge on any atom is 0.337 e. The van der Waals surface area contributed by atoms with E-state index in [0.717, 1.165) is 11.9 Å². The Balaban J connectivity index is 2.30. The standard InChI is InChI=1S/C12H14N2O3/c1-2-6-17-7-10-13-9-5-3-4-8(12(15)16)11(9)14-10/h3-5H,2,6-7H2,1H3,(H,13,14)(H,15,16). The number of carbonyl (C=O) groups is 1. The second kappa shape index (κ2) is 4.97. The third-order valence-corrected chi connectivity index (χ3v) is 2.38. The molecule has 2 aromatic rings. The van der Waals surface area contributed by atoms with Gasteiger partial charge in [0.1, 0.15) is 17.9 Å². The fraction of sp³-hybridized carbons (Fsp3) is 0.333. The highest BCUT2D eigenvalue weighted by molar-refractivity contribution is 6.00. The molecule has 2 N–H and O–H groups in total. The van der Waals surface area contributed by atoms with E-state index in [1.54, 1.807) is 18.2 Å². The van der Waals surface area contributed by atoms with Crippen LogP contribution in [0.1, 0.15) is 29.5 Å². The van der Waals surface area contributed by atoms with Gasteiger partial charge < -0.3 is 14.8 Å². The van der Waals surface area contributed by atoms with Gasteiger partial charge in [-0.1, -0.05) is 13.0 Å². The number of imidazole rings is 1. The van der Waals surface area contributed by atoms with Gasteiger partial charge in [-0.3, -0.25) is 0 Å². The molecule has 0 unspecified atom stereocenters. The van der Waals surface area contributed by atoms with E-state index in [1.807, 2.05) is 6.92 Å². The molecule has 0 aliphatic carbocycles. The lowest BCUT2D eigenvalue weighted by atomic mass is 10.2. The number of para-hydroxylation sites is 1. The van der Waals surface area contributed by atoms with Gasteiger partial charge in [-0.05, 0) is 18.6 Å². The normalized spacial score (nSPS) is 10.9. The summed E-state index contributed by atoms with van der Waals surface area (Å²) in [6.07, 6.45) is 0.945. The lowest BCUT2D eigenvalue weighted by Gasteiger charge is -1.97. The smallest absolute Gasteiger partial charge is 0.337 e. The minimum atomic E-state index is -0.969. The summed E-state index contributed by atoms with van der Waals surface area (Å²) in [6.45, 7) is 3.07. The zero-order valence-corrected chi connectivity index (χ0v) is 9.56. The van der Waals surface area contributed by atoms with Crippen LogP contribution in [0.2, 0.25) is 0 Å². The molecule has 0 aliphatic rings. The summed E-state index contributed by atoms with van der Waals surface area (Å²) in [5.74, 6) is -0.315. The molecule has 0 spiro atoms. The minimum absolute atomic E-state index is 0.209. The van der Waals surface area contributed by atoms with Crippen LogP contribution in [-0.4, -0.2) is 27.7 Å². The Kier molecular flexibility index (Phi) is 3.39. The minimum Gasteiger partial charge on any atom is -0.478 e. The molecule has 0 saturated carbocycles. The van der Waals surface area contributed by atoms with Crippen molar-refractivity contribution in [2.75, 3.05) is 6.61 Å². The van der Waals surface area contributed by atoms with Gasteiger partial charge in [0.25, 0.3) is 0 Å². The van der Waals surface area contributed by atoms with Crippen LogP contribution >= 0.6 is 0 Å². The molecule has 0 atom stereocenters. The lowest BCUT2D eigenvalue weighted by Crippen LogP contribution is -1.97. The summed E-state index contributed by atoms with van der Waals surface area (Å²) in [5, 5.41) is 9.02. The van der Waals surface area contributed by atoms with Crippen molar-refractivity contribution in [3.05, 3.63) is 29.6 Å². The van der Waals surface area contributed by atoms with Crippen molar-refractivity contribution in [2.45, 2.75) is 20.0 Å². The van der Waals surface area contributed by atoms with E-state index in [1.165, 1.54) is 0 Å². The molecule has 90 valence electrons. The summed E-state index contributed by atoms with van der Waals surface area (Å²) >= 11 is 0. The molecule has 0 fully saturated rings. The summed E-state index contributed by atoms with van der Waals surface area (Å²) < 4.78 is 5.36. The van der Waals surface area contributed by atoms with Crippen molar-refractivity contribution >= 4 is 17.0 Å². The molecule has 1 aromatic heterocycles. The Morgan fingerprint density at radius 1 is 1.53 bits per heavy atom. The van der Waals surface area contributed by atoms with Gasteiger partial charge >= 0.3 is 5.97 Å². The average Bonchev–Trinajstić information content (AvgIpc) is 2.71. The number of nitrogens with one attached hydrogen (secondary N) is 1. The number of fused-ring (bicyclic) bond motifs is 1. The fourth-order valence-electron chi connectivity index (χ4n) is 1.64. The highest BCUT2D eigenvalue weighted by Gasteiger charge is 2.12. The van der Waals surface area contributed by atoms with Crippen LogP contribution in [0.3, 0.4) is 0 Å². The molecule has 0 aliphatic heterocycles. The van der Waals surface area contributed by atoms with Gasteiger partial charge in [0.05, 0.1) is 11.1 Å². The number of nitrogens with zero attached hydrogens (tertiary/aromatic N) is 1. The van der Waals surface area contributed by atoms with E-state index in [9.17, 15) is 4.79 Å². The quantitative estimate of drug-likeness (QED) is 0.777. The molecule has 17 heavy (non-hydrogen) atoms. The first-order valence-electron chi connectivity index (χ1n) is 5.51. The van der Waals surface area contributed by atoms with E-state index >= 15 is 0 Å². The first-order valence-corrected chi connectivity index (χ1v) is 5.51. The third kappa shape index (κ3) is 2.45. The molecular formula is C12H14N2O3. The summed E-state index contributed by atoms with van der Waals surface area (Å²) in [5.41, 5.74) is 1.41. The largest absolute Gasteiger partial charge is 0.478 e. The monoisotopic (exact) mass is 234 g/mol. The van der Waals surface area contributed by atoms with Crippen molar-refractivity contribution in [3.8, 4) is 0 Å². The molecule has 1 heterocycles. The lowest BCUT2D eigenvalue weighted by molar-refractivity contribution is 0.0699. The highest BCUT2D eigenvalue weighted by atomic mass is 16.5. The van der Waals surface area contributed by atoms with Crippen molar-refractivity contribution < 1.29 is 14.6 Å². The number of carboxylic acids is 1. The van der Waals surface area contributed by atoms with E-state index < -0.39 is 5.97 Å². The molecule has 2 rings (SSSR count). The molecule has 0 saturated heterocycles. The average molecular weight is 234 g/mol. The van der Waals surface area contributed by atoms with Crippen LogP contribution in [0.25, 0.3) is 11.0 Å². The number of carboxylic acid groups (broad SMARTS) is 1. The molecule has 1 aromatic carbocycles. The maximum absolute atomic E-state index is 11.0. The Labute approximate surface area is 98.4 Å². The summed E-state index contributed by atoms with van der Waals surface area (Å²) in [4.78, 5) is 18.3. The zero-order valence-electron chi connectivity index (χ0n) is 9.56. The molecular weight excluding hydrogens is 220 g/mol. The van der Waals surface area contributed by atoms with Crippen molar-refractivity contribution in [2.24, 2.45) is 0 Å². The Morgan fingerprint density at radius 3 is 3.06 bits per heavy atom. The topological polar surface area (TPSA) is 75.2 Å². The first kappa shape index (κ1) is 11.6. The molecule has 5 nitrogen and oxygen atoms in total. The number of aromatic carboxylic acids is 1. The van der Waals surface area contributed by atoms with E-state index in [0.29, 0.717) is 24.6 Å². The number of hydrogen-bond donors (Lipinski definition) is 2. The second-order valence-corrected chi connectivity index (χ2v) is 3.74. The van der Waals surface area contributed by atoms with E-state index in [4.69, 9.17) is 9.84 Å². The van der Waals surface area contributed by atoms with Gasteiger partial charge in [-0.25, -0.2) is 9.78 Å². The van der Waals surface area contributed by atoms with Crippen molar-refractivity contribution in [1.29, 1.82) is 0 Å². The molecule has 5 heteroatoms. The number of rotatable bonds is 5. The SMILES string of the molecule is CCCOCc1nc2c(C(=O)O)cccc2[nH]1. The summed E-state index contributed by atoms with van der Waals surface area (Å²) in [6, 6.07) is 5.04. The number of benzene rings is 1. The fourth-order valence-corrected chi connectivity index (χ4v) is 1.64. The van der Waals surface area contributed by atoms with Gasteiger partial charge in [-0.2, -0.15) is 0 Å². The van der Waals surface area contributed by atoms with Gasteiger partial charge in [0.2, 0.25) is 0 Å². The Bertz CT molecular complexity index is 534. The van der Waals surface area contributed by atoms with Crippen LogP contribution < -0.4 is 0 Å². The van der Waals surface area contributed by atoms with Gasteiger partial charge in [0.15, 0.2) is 0 Å². The predicted octanol–water partition coefficient (Wildman–Crippen LogP) is 2.19. The van der Waals surface area contributed by atoms with Gasteiger partial charge in [-0.15, -0.1) is 0 Å². The molecule has 0 bridgehead atoms. The zero-order chi connectivity index (χ0) is 12.3. The second-order valence-electron chi connectivity index (χ2n) is 3.74. The number of ether oxygens (including phenoxy) is 1. The molecule has 0 radical (unpaired) electrons. The number of aromatic amines is 1. The third-order valence-electron chi connectivity index (χ3n) is 2.38. The number of hydrogen-bond acceptors (Lipinski definition) is 3. The van der Waals surface area contributed by atoms with Crippen LogP contribution in [0.4, 0.5) is 0 Å². The Morgan fingerprint density at radius 2 is 2.35 bits per heavy atom. The predicted molar refractivity (Wildman–Crippen MR) is 63.0 cm³/mol. The Hall–Kier alpha value is -1.88. The number of H-pyrrole nitrogens is 1. The summed E-state index contributed by atoms with van der Waals surface area (Å²) in [7, 11) is 0. The van der Waals surface area contributed by atoms with Gasteiger partial charge in [0, 0.05) is 6.61 Å². The number of aromatic nitrogens is 2. The maximum atomic E-state index is 11.0. The van der Waals surface area contributed by atoms with E-state index in [-0.39, 0.29) is 5.56 Å². The van der Waals surface area contributed by atoms with Crippen LogP contribution in [0.15, 0.2) is 18.2 Å². The van der Waals surface area contributed by atoms with Crippen LogP contribution in [0.5, 0.6) is 0 Å². The molecule has 0 amide bonds. The van der Waals surface area contributed by atoms with Crippen LogP contribution in [-0.2, 0) is 11.3 Å².